The Kier molecular flexibility index (Phi) is 3.38. The van der Waals surface area contributed by atoms with Crippen molar-refractivity contribution in [3.05, 3.63) is 70.4 Å². The molecule has 110 valence electrons. The Morgan fingerprint density at radius 1 is 1.09 bits per heavy atom. The molecule has 0 N–H and O–H groups in total. The van der Waals surface area contributed by atoms with Crippen LogP contribution in [0.3, 0.4) is 0 Å². The molecule has 0 radical (unpaired) electrons. The second kappa shape index (κ2) is 5.36. The fourth-order valence-corrected chi connectivity index (χ4v) is 2.04. The van der Waals surface area contributed by atoms with Crippen LogP contribution >= 0.6 is 0 Å². The van der Waals surface area contributed by atoms with E-state index in [1.54, 1.807) is 6.07 Å². The molecule has 1 aromatic heterocycles. The number of nitrogens with zero attached hydrogens (tertiary/aromatic N) is 2. The van der Waals surface area contributed by atoms with Crippen LogP contribution < -0.4 is 4.74 Å². The molecule has 0 saturated heterocycles. The Labute approximate surface area is 122 Å². The van der Waals surface area contributed by atoms with Crippen molar-refractivity contribution >= 4 is 16.6 Å². The molecule has 0 aliphatic rings. The molecule has 0 aliphatic carbocycles. The summed E-state index contributed by atoms with van der Waals surface area (Å²) in [5, 5.41) is 11.4. The molecular weight excluding hydrogens is 294 g/mol. The summed E-state index contributed by atoms with van der Waals surface area (Å²) < 4.78 is 32.4. The van der Waals surface area contributed by atoms with E-state index in [9.17, 15) is 18.9 Å². The Morgan fingerprint density at radius 2 is 1.82 bits per heavy atom. The third-order valence-electron chi connectivity index (χ3n) is 3.00. The van der Waals surface area contributed by atoms with Gasteiger partial charge in [-0.3, -0.25) is 10.1 Å². The molecule has 0 unspecified atom stereocenters. The predicted octanol–water partition coefficient (Wildman–Crippen LogP) is 4.21. The maximum atomic E-state index is 13.5. The number of ether oxygens (including phenoxy) is 1. The smallest absolute Gasteiger partial charge is 0.346 e. The Hall–Kier alpha value is -3.09. The molecule has 0 fully saturated rings. The summed E-state index contributed by atoms with van der Waals surface area (Å²) in [6, 6.07) is 9.42. The second-order valence-electron chi connectivity index (χ2n) is 4.43. The minimum atomic E-state index is -0.998. The number of nitro groups is 1. The number of pyridine rings is 1. The van der Waals surface area contributed by atoms with E-state index in [1.165, 1.54) is 36.5 Å². The quantitative estimate of drug-likeness (QED) is 0.537. The van der Waals surface area contributed by atoms with Gasteiger partial charge in [0, 0.05) is 5.39 Å². The molecule has 1 heterocycles. The lowest BCUT2D eigenvalue weighted by atomic mass is 10.2. The third-order valence-corrected chi connectivity index (χ3v) is 3.00. The van der Waals surface area contributed by atoms with Gasteiger partial charge in [0.05, 0.1) is 11.1 Å². The number of nitro benzene ring substituents is 1. The predicted molar refractivity (Wildman–Crippen MR) is 74.8 cm³/mol. The minimum Gasteiger partial charge on any atom is -0.448 e. The van der Waals surface area contributed by atoms with E-state index in [0.717, 1.165) is 6.07 Å². The first-order valence-corrected chi connectivity index (χ1v) is 6.21. The highest BCUT2D eigenvalue weighted by atomic mass is 19.1. The number of rotatable bonds is 3. The molecule has 0 spiro atoms. The van der Waals surface area contributed by atoms with Gasteiger partial charge in [0.1, 0.15) is 17.1 Å². The zero-order valence-corrected chi connectivity index (χ0v) is 11.0. The third kappa shape index (κ3) is 2.44. The van der Waals surface area contributed by atoms with E-state index in [0.29, 0.717) is 5.39 Å². The SMILES string of the molecule is O=[N+]([O-])c1c(F)cccc1Oc1cnc2c(F)cccc2c1. The summed E-state index contributed by atoms with van der Waals surface area (Å²) in [6.45, 7) is 0. The molecule has 0 bridgehead atoms. The normalized spacial score (nSPS) is 10.6. The largest absolute Gasteiger partial charge is 0.448 e. The average molecular weight is 302 g/mol. The topological polar surface area (TPSA) is 65.3 Å². The molecule has 7 heteroatoms. The van der Waals surface area contributed by atoms with Gasteiger partial charge in [-0.15, -0.1) is 0 Å². The molecule has 0 saturated carbocycles. The summed E-state index contributed by atoms with van der Waals surface area (Å²) in [7, 11) is 0. The molecule has 0 atom stereocenters. The van der Waals surface area contributed by atoms with E-state index < -0.39 is 22.2 Å². The number of aromatic nitrogens is 1. The van der Waals surface area contributed by atoms with Crippen LogP contribution in [0.4, 0.5) is 14.5 Å². The van der Waals surface area contributed by atoms with E-state index in [2.05, 4.69) is 4.98 Å². The van der Waals surface area contributed by atoms with Crippen LogP contribution in [0.25, 0.3) is 10.9 Å². The van der Waals surface area contributed by atoms with Crippen molar-refractivity contribution in [1.82, 2.24) is 4.98 Å². The van der Waals surface area contributed by atoms with Crippen molar-refractivity contribution in [2.45, 2.75) is 0 Å². The van der Waals surface area contributed by atoms with Crippen LogP contribution in [0, 0.1) is 21.7 Å². The lowest BCUT2D eigenvalue weighted by Crippen LogP contribution is -1.97. The standard InChI is InChI=1S/C15H8F2N2O3/c16-11-4-1-3-9-7-10(8-18-14(9)11)22-13-6-2-5-12(17)15(13)19(20)21/h1-8H. The zero-order valence-electron chi connectivity index (χ0n) is 11.0. The van der Waals surface area contributed by atoms with Crippen molar-refractivity contribution in [3.63, 3.8) is 0 Å². The Balaban J connectivity index is 2.04. The number of hydrogen-bond acceptors (Lipinski definition) is 4. The van der Waals surface area contributed by atoms with Gasteiger partial charge in [-0.2, -0.15) is 4.39 Å². The van der Waals surface area contributed by atoms with Crippen LogP contribution in [0.1, 0.15) is 0 Å². The zero-order chi connectivity index (χ0) is 15.7. The summed E-state index contributed by atoms with van der Waals surface area (Å²) in [4.78, 5) is 14.0. The average Bonchev–Trinajstić information content (AvgIpc) is 2.47. The number of benzene rings is 2. The molecular formula is C15H8F2N2O3. The summed E-state index contributed by atoms with van der Waals surface area (Å²) in [5.74, 6) is -1.59. The lowest BCUT2D eigenvalue weighted by molar-refractivity contribution is -0.388. The van der Waals surface area contributed by atoms with Gasteiger partial charge in [-0.1, -0.05) is 18.2 Å². The van der Waals surface area contributed by atoms with Crippen LogP contribution in [-0.4, -0.2) is 9.91 Å². The van der Waals surface area contributed by atoms with Crippen LogP contribution in [-0.2, 0) is 0 Å². The summed E-state index contributed by atoms with van der Waals surface area (Å²) in [5.41, 5.74) is -0.606. The second-order valence-corrected chi connectivity index (χ2v) is 4.43. The van der Waals surface area contributed by atoms with Crippen LogP contribution in [0.5, 0.6) is 11.5 Å². The lowest BCUT2D eigenvalue weighted by Gasteiger charge is -2.07. The van der Waals surface area contributed by atoms with Crippen molar-refractivity contribution in [2.75, 3.05) is 0 Å². The van der Waals surface area contributed by atoms with E-state index >= 15 is 0 Å². The van der Waals surface area contributed by atoms with Crippen LogP contribution in [0.2, 0.25) is 0 Å². The molecule has 22 heavy (non-hydrogen) atoms. The highest BCUT2D eigenvalue weighted by Gasteiger charge is 2.21. The molecule has 3 rings (SSSR count). The highest BCUT2D eigenvalue weighted by Crippen LogP contribution is 2.34. The molecule has 0 aliphatic heterocycles. The van der Waals surface area contributed by atoms with Crippen molar-refractivity contribution < 1.29 is 18.4 Å². The summed E-state index contributed by atoms with van der Waals surface area (Å²) in [6.07, 6.45) is 1.22. The van der Waals surface area contributed by atoms with Crippen molar-refractivity contribution in [2.24, 2.45) is 0 Å². The monoisotopic (exact) mass is 302 g/mol. The van der Waals surface area contributed by atoms with Gasteiger partial charge >= 0.3 is 5.69 Å². The first kappa shape index (κ1) is 13.9. The highest BCUT2D eigenvalue weighted by molar-refractivity contribution is 5.80. The number of para-hydroxylation sites is 2. The molecule has 2 aromatic carbocycles. The van der Waals surface area contributed by atoms with E-state index in [1.807, 2.05) is 0 Å². The van der Waals surface area contributed by atoms with E-state index in [4.69, 9.17) is 4.74 Å². The molecule has 5 nitrogen and oxygen atoms in total. The van der Waals surface area contributed by atoms with Gasteiger partial charge in [-0.25, -0.2) is 9.37 Å². The van der Waals surface area contributed by atoms with Gasteiger partial charge in [0.2, 0.25) is 11.6 Å². The van der Waals surface area contributed by atoms with E-state index in [-0.39, 0.29) is 17.0 Å². The van der Waals surface area contributed by atoms with Gasteiger partial charge in [-0.05, 0) is 24.3 Å². The fourth-order valence-electron chi connectivity index (χ4n) is 2.04. The number of fused-ring (bicyclic) bond motifs is 1. The molecule has 3 aromatic rings. The van der Waals surface area contributed by atoms with Crippen molar-refractivity contribution in [3.8, 4) is 11.5 Å². The maximum Gasteiger partial charge on any atom is 0.346 e. The number of hydrogen-bond donors (Lipinski definition) is 0. The Morgan fingerprint density at radius 3 is 2.59 bits per heavy atom. The van der Waals surface area contributed by atoms with Gasteiger partial charge < -0.3 is 4.74 Å². The minimum absolute atomic E-state index is 0.145. The number of halogens is 2. The Bertz CT molecular complexity index is 884. The molecule has 0 amide bonds. The van der Waals surface area contributed by atoms with Crippen molar-refractivity contribution in [1.29, 1.82) is 0 Å². The van der Waals surface area contributed by atoms with Crippen LogP contribution in [0.15, 0.2) is 48.7 Å². The maximum absolute atomic E-state index is 13.5. The fraction of sp³-hybridized carbons (Fsp3) is 0. The first-order valence-electron chi connectivity index (χ1n) is 6.21. The summed E-state index contributed by atoms with van der Waals surface area (Å²) >= 11 is 0. The van der Waals surface area contributed by atoms with Gasteiger partial charge in [0.25, 0.3) is 0 Å². The first-order chi connectivity index (χ1) is 10.6. The van der Waals surface area contributed by atoms with Gasteiger partial charge in [0.15, 0.2) is 0 Å².